The third-order valence-electron chi connectivity index (χ3n) is 3.23. The molecule has 0 aliphatic heterocycles. The van der Waals surface area contributed by atoms with Gasteiger partial charge in [-0.3, -0.25) is 4.79 Å². The normalized spacial score (nSPS) is 10.7. The van der Waals surface area contributed by atoms with Gasteiger partial charge in [0, 0.05) is 17.8 Å². The summed E-state index contributed by atoms with van der Waals surface area (Å²) in [5.41, 5.74) is 0.718. The fraction of sp³-hybridized carbons (Fsp3) is 0. The van der Waals surface area contributed by atoms with Gasteiger partial charge in [-0.05, 0) is 42.5 Å². The summed E-state index contributed by atoms with van der Waals surface area (Å²) in [6, 6.07) is 7.09. The Kier molecular flexibility index (Phi) is 3.97. The van der Waals surface area contributed by atoms with Crippen LogP contribution in [0.4, 0.5) is 10.1 Å². The zero-order valence-corrected chi connectivity index (χ0v) is 13.0. The quantitative estimate of drug-likeness (QED) is 0.690. The Bertz CT molecular complexity index is 928. The van der Waals surface area contributed by atoms with Crippen LogP contribution in [0.15, 0.2) is 42.7 Å². The number of amides is 1. The lowest BCUT2D eigenvalue weighted by atomic mass is 10.2. The largest absolute Gasteiger partial charge is 0.486 e. The van der Waals surface area contributed by atoms with E-state index in [4.69, 9.17) is 23.8 Å². The predicted octanol–water partition coefficient (Wildman–Crippen LogP) is 3.85. The van der Waals surface area contributed by atoms with Gasteiger partial charge >= 0.3 is 0 Å². The Labute approximate surface area is 140 Å². The van der Waals surface area contributed by atoms with E-state index in [2.05, 4.69) is 9.97 Å². The zero-order valence-electron chi connectivity index (χ0n) is 11.5. The molecule has 1 amide bonds. The predicted molar refractivity (Wildman–Crippen MR) is 89.5 cm³/mol. The molecule has 23 heavy (non-hydrogen) atoms. The fourth-order valence-electron chi connectivity index (χ4n) is 2.19. The number of benzene rings is 1. The van der Waals surface area contributed by atoms with Crippen molar-refractivity contribution < 1.29 is 14.3 Å². The van der Waals surface area contributed by atoms with Gasteiger partial charge in [0.25, 0.3) is 11.1 Å². The number of pyridine rings is 1. The van der Waals surface area contributed by atoms with Crippen LogP contribution in [-0.2, 0) is 0 Å². The summed E-state index contributed by atoms with van der Waals surface area (Å²) in [4.78, 5) is 20.6. The molecule has 0 aliphatic rings. The highest BCUT2D eigenvalue weighted by Crippen LogP contribution is 2.25. The van der Waals surface area contributed by atoms with Gasteiger partial charge < -0.3 is 10.1 Å². The van der Waals surface area contributed by atoms with E-state index in [1.54, 1.807) is 18.3 Å². The minimum atomic E-state index is -0.692. The van der Waals surface area contributed by atoms with Gasteiger partial charge in [0.1, 0.15) is 5.82 Å². The molecule has 2 heterocycles. The van der Waals surface area contributed by atoms with Crippen molar-refractivity contribution in [2.75, 3.05) is 4.90 Å². The van der Waals surface area contributed by atoms with Crippen LogP contribution in [0.5, 0.6) is 0 Å². The number of halogens is 2. The number of nitrogens with one attached hydrogen (secondary N) is 1. The van der Waals surface area contributed by atoms with E-state index >= 15 is 0 Å². The molecule has 0 radical (unpaired) electrons. The molecule has 1 aromatic carbocycles. The first-order valence-electron chi connectivity index (χ1n) is 6.43. The van der Waals surface area contributed by atoms with Crippen LogP contribution in [0.1, 0.15) is 10.5 Å². The first-order valence-corrected chi connectivity index (χ1v) is 7.22. The SMILES string of the molecule is O=C(c1nccc2cc[nH]c12)N(C(O)=S)c1ccc(F)c(Cl)c1. The number of aromatic nitrogens is 2. The van der Waals surface area contributed by atoms with Crippen LogP contribution in [0.2, 0.25) is 5.02 Å². The van der Waals surface area contributed by atoms with Crippen molar-refractivity contribution in [3.05, 3.63) is 59.3 Å². The number of carbonyl (C=O) groups is 1. The maximum Gasteiger partial charge on any atom is 0.286 e. The lowest BCUT2D eigenvalue weighted by Gasteiger charge is -2.19. The highest BCUT2D eigenvalue weighted by atomic mass is 35.5. The number of H-pyrrole nitrogens is 1. The molecule has 2 aromatic heterocycles. The summed E-state index contributed by atoms with van der Waals surface area (Å²) in [5.74, 6) is -1.30. The molecule has 3 aromatic rings. The average molecular weight is 350 g/mol. The van der Waals surface area contributed by atoms with Crippen LogP contribution in [0.3, 0.4) is 0 Å². The van der Waals surface area contributed by atoms with E-state index in [1.807, 2.05) is 0 Å². The maximum atomic E-state index is 13.3. The Balaban J connectivity index is 2.11. The van der Waals surface area contributed by atoms with E-state index in [-0.39, 0.29) is 16.4 Å². The Hall–Kier alpha value is -2.51. The summed E-state index contributed by atoms with van der Waals surface area (Å²) in [6.45, 7) is 0. The van der Waals surface area contributed by atoms with Crippen molar-refractivity contribution in [1.29, 1.82) is 0 Å². The molecule has 3 rings (SSSR count). The van der Waals surface area contributed by atoms with E-state index in [1.165, 1.54) is 18.3 Å². The summed E-state index contributed by atoms with van der Waals surface area (Å²) in [7, 11) is 0. The molecule has 0 fully saturated rings. The molecule has 0 spiro atoms. The zero-order chi connectivity index (χ0) is 16.6. The first kappa shape index (κ1) is 15.4. The summed E-state index contributed by atoms with van der Waals surface area (Å²) in [5, 5.41) is 9.64. The van der Waals surface area contributed by atoms with Crippen molar-refractivity contribution >= 4 is 51.5 Å². The molecule has 0 bridgehead atoms. The topological polar surface area (TPSA) is 69.2 Å². The van der Waals surface area contributed by atoms with Crippen molar-refractivity contribution in [1.82, 2.24) is 9.97 Å². The molecule has 2 N–H and O–H groups in total. The van der Waals surface area contributed by atoms with Gasteiger partial charge in [-0.1, -0.05) is 11.6 Å². The summed E-state index contributed by atoms with van der Waals surface area (Å²) < 4.78 is 13.3. The van der Waals surface area contributed by atoms with E-state index < -0.39 is 16.9 Å². The number of aliphatic hydroxyl groups is 1. The van der Waals surface area contributed by atoms with Crippen molar-refractivity contribution in [2.45, 2.75) is 0 Å². The smallest absolute Gasteiger partial charge is 0.286 e. The first-order chi connectivity index (χ1) is 11.0. The lowest BCUT2D eigenvalue weighted by molar-refractivity contribution is 0.0996. The molecule has 0 saturated heterocycles. The number of rotatable bonds is 2. The van der Waals surface area contributed by atoms with Gasteiger partial charge in [-0.15, -0.1) is 0 Å². The third kappa shape index (κ3) is 2.76. The summed E-state index contributed by atoms with van der Waals surface area (Å²) in [6.07, 6.45) is 3.14. The van der Waals surface area contributed by atoms with Crippen LogP contribution >= 0.6 is 23.8 Å². The fourth-order valence-corrected chi connectivity index (χ4v) is 2.55. The number of fused-ring (bicyclic) bond motifs is 1. The number of hydrogen-bond donors (Lipinski definition) is 2. The van der Waals surface area contributed by atoms with E-state index in [0.29, 0.717) is 5.52 Å². The number of aromatic amines is 1. The highest BCUT2D eigenvalue weighted by molar-refractivity contribution is 7.80. The average Bonchev–Trinajstić information content (AvgIpc) is 2.99. The number of aliphatic hydroxyl groups excluding tert-OH is 1. The van der Waals surface area contributed by atoms with Crippen LogP contribution in [-0.4, -0.2) is 26.2 Å². The second-order valence-corrected chi connectivity index (χ2v) is 5.40. The van der Waals surface area contributed by atoms with E-state index in [9.17, 15) is 14.3 Å². The lowest BCUT2D eigenvalue weighted by Crippen LogP contribution is -2.36. The van der Waals surface area contributed by atoms with Gasteiger partial charge in [-0.25, -0.2) is 14.3 Å². The minimum absolute atomic E-state index is 0.0735. The van der Waals surface area contributed by atoms with Crippen molar-refractivity contribution in [3.8, 4) is 0 Å². The minimum Gasteiger partial charge on any atom is -0.486 e. The third-order valence-corrected chi connectivity index (χ3v) is 3.70. The molecule has 116 valence electrons. The summed E-state index contributed by atoms with van der Waals surface area (Å²) >= 11 is 10.5. The molecular weight excluding hydrogens is 341 g/mol. The molecular formula is C15H9ClFN3O2S. The van der Waals surface area contributed by atoms with Gasteiger partial charge in [0.2, 0.25) is 0 Å². The molecule has 5 nitrogen and oxygen atoms in total. The van der Waals surface area contributed by atoms with Crippen LogP contribution in [0, 0.1) is 5.82 Å². The van der Waals surface area contributed by atoms with Crippen molar-refractivity contribution in [2.24, 2.45) is 0 Å². The van der Waals surface area contributed by atoms with Crippen molar-refractivity contribution in [3.63, 3.8) is 0 Å². The number of nitrogens with zero attached hydrogens (tertiary/aromatic N) is 2. The monoisotopic (exact) mass is 349 g/mol. The molecule has 0 unspecified atom stereocenters. The number of hydrogen-bond acceptors (Lipinski definition) is 3. The van der Waals surface area contributed by atoms with Gasteiger partial charge in [0.05, 0.1) is 16.2 Å². The van der Waals surface area contributed by atoms with E-state index in [0.717, 1.165) is 16.4 Å². The van der Waals surface area contributed by atoms with Gasteiger partial charge in [0.15, 0.2) is 5.69 Å². The second kappa shape index (κ2) is 5.94. The number of carbonyl (C=O) groups excluding carboxylic acids is 1. The standard InChI is InChI=1S/C15H9ClFN3O2S/c16-10-7-9(1-2-11(10)17)20(15(22)23)14(21)13-12-8(3-5-18-12)4-6-19-13/h1-7,18H,(H,22,23). The Morgan fingerprint density at radius 3 is 2.83 bits per heavy atom. The number of thiocarbonyl (C=S) groups is 1. The molecule has 8 heteroatoms. The Morgan fingerprint density at radius 2 is 2.13 bits per heavy atom. The van der Waals surface area contributed by atoms with Gasteiger partial charge in [-0.2, -0.15) is 0 Å². The second-order valence-electron chi connectivity index (χ2n) is 4.62. The molecule has 0 aliphatic carbocycles. The molecule has 0 saturated carbocycles. The molecule has 0 atom stereocenters. The maximum absolute atomic E-state index is 13.3. The van der Waals surface area contributed by atoms with Crippen LogP contribution in [0.25, 0.3) is 10.9 Å². The Morgan fingerprint density at radius 1 is 1.35 bits per heavy atom. The highest BCUT2D eigenvalue weighted by Gasteiger charge is 2.25. The number of anilines is 1. The van der Waals surface area contributed by atoms with Crippen LogP contribution < -0.4 is 4.90 Å².